The first-order valence-electron chi connectivity index (χ1n) is 7.37. The van der Waals surface area contributed by atoms with Gasteiger partial charge in [0.1, 0.15) is 5.69 Å². The summed E-state index contributed by atoms with van der Waals surface area (Å²) in [4.78, 5) is 32.8. The summed E-state index contributed by atoms with van der Waals surface area (Å²) in [5.41, 5.74) is 2.29. The second-order valence-electron chi connectivity index (χ2n) is 5.42. The minimum atomic E-state index is -1.07. The van der Waals surface area contributed by atoms with Crippen LogP contribution in [-0.4, -0.2) is 26.8 Å². The minimum Gasteiger partial charge on any atom is -0.478 e. The topological polar surface area (TPSA) is 80.2 Å². The zero-order valence-corrected chi connectivity index (χ0v) is 14.8. The van der Waals surface area contributed by atoms with E-state index >= 15 is 0 Å². The van der Waals surface area contributed by atoms with Crippen LogP contribution in [0.4, 0.5) is 0 Å². The molecular formula is C18H13ClN2O3S. The number of carboxylic acid groups (broad SMARTS) is 1. The molecule has 5 nitrogen and oxygen atoms in total. The van der Waals surface area contributed by atoms with Gasteiger partial charge in [0.25, 0.3) is 0 Å². The zero-order valence-electron chi connectivity index (χ0n) is 13.2. The van der Waals surface area contributed by atoms with Crippen molar-refractivity contribution in [2.75, 3.05) is 0 Å². The predicted octanol–water partition coefficient (Wildman–Crippen LogP) is 4.29. The number of rotatable bonds is 5. The summed E-state index contributed by atoms with van der Waals surface area (Å²) in [7, 11) is 0. The van der Waals surface area contributed by atoms with Gasteiger partial charge >= 0.3 is 5.97 Å². The van der Waals surface area contributed by atoms with Crippen LogP contribution in [0.25, 0.3) is 10.4 Å². The number of halogens is 1. The van der Waals surface area contributed by atoms with Gasteiger partial charge in [0.2, 0.25) is 0 Å². The van der Waals surface area contributed by atoms with E-state index in [9.17, 15) is 14.7 Å². The largest absolute Gasteiger partial charge is 0.478 e. The van der Waals surface area contributed by atoms with Gasteiger partial charge in [-0.05, 0) is 35.6 Å². The summed E-state index contributed by atoms with van der Waals surface area (Å²) in [5.74, 6) is -1.33. The number of benzene rings is 1. The van der Waals surface area contributed by atoms with Gasteiger partial charge < -0.3 is 5.11 Å². The summed E-state index contributed by atoms with van der Waals surface area (Å²) in [5, 5.41) is 11.9. The Hall–Kier alpha value is -2.57. The molecule has 0 aliphatic heterocycles. The molecule has 0 bridgehead atoms. The van der Waals surface area contributed by atoms with Gasteiger partial charge in [-0.3, -0.25) is 9.78 Å². The first-order valence-corrected chi connectivity index (χ1v) is 8.63. The zero-order chi connectivity index (χ0) is 18.0. The van der Waals surface area contributed by atoms with Crippen LogP contribution in [-0.2, 0) is 6.42 Å². The molecule has 126 valence electrons. The summed E-state index contributed by atoms with van der Waals surface area (Å²) in [6.07, 6.45) is 2.88. The highest BCUT2D eigenvalue weighted by Gasteiger charge is 2.22. The van der Waals surface area contributed by atoms with E-state index in [-0.39, 0.29) is 23.5 Å². The fourth-order valence-corrected chi connectivity index (χ4v) is 3.57. The summed E-state index contributed by atoms with van der Waals surface area (Å²) < 4.78 is 0. The average Bonchev–Trinajstić information content (AvgIpc) is 3.00. The smallest absolute Gasteiger partial charge is 0.337 e. The Morgan fingerprint density at radius 2 is 1.88 bits per heavy atom. The molecule has 7 heteroatoms. The summed E-state index contributed by atoms with van der Waals surface area (Å²) >= 11 is 7.17. The van der Waals surface area contributed by atoms with E-state index in [1.165, 1.54) is 23.7 Å². The number of aromatic nitrogens is 2. The summed E-state index contributed by atoms with van der Waals surface area (Å²) in [6, 6.07) is 6.93. The molecule has 3 rings (SSSR count). The van der Waals surface area contributed by atoms with Crippen molar-refractivity contribution in [2.24, 2.45) is 0 Å². The Bertz CT molecular complexity index is 934. The molecule has 0 aliphatic carbocycles. The van der Waals surface area contributed by atoms with E-state index in [1.807, 2.05) is 0 Å². The van der Waals surface area contributed by atoms with Crippen molar-refractivity contribution in [1.82, 2.24) is 9.97 Å². The van der Waals surface area contributed by atoms with Crippen molar-refractivity contribution in [2.45, 2.75) is 13.3 Å². The Morgan fingerprint density at radius 3 is 2.48 bits per heavy atom. The van der Waals surface area contributed by atoms with Gasteiger partial charge in [-0.2, -0.15) is 0 Å². The van der Waals surface area contributed by atoms with Crippen LogP contribution in [0.15, 0.2) is 42.0 Å². The molecule has 0 unspecified atom stereocenters. The van der Waals surface area contributed by atoms with Crippen LogP contribution in [0.1, 0.15) is 32.1 Å². The fourth-order valence-electron chi connectivity index (χ4n) is 2.37. The molecule has 0 radical (unpaired) electrons. The minimum absolute atomic E-state index is 0.0382. The number of nitrogens with zero attached hydrogens (tertiary/aromatic N) is 2. The molecule has 0 saturated heterocycles. The van der Waals surface area contributed by atoms with Crippen LogP contribution < -0.4 is 0 Å². The van der Waals surface area contributed by atoms with Gasteiger partial charge in [-0.1, -0.05) is 23.7 Å². The average molecular weight is 373 g/mol. The monoisotopic (exact) mass is 372 g/mol. The van der Waals surface area contributed by atoms with Crippen molar-refractivity contribution in [1.29, 1.82) is 0 Å². The van der Waals surface area contributed by atoms with Crippen LogP contribution in [0.2, 0.25) is 5.02 Å². The molecule has 3 aromatic rings. The maximum atomic E-state index is 12.4. The van der Waals surface area contributed by atoms with E-state index in [2.05, 4.69) is 9.97 Å². The van der Waals surface area contributed by atoms with Crippen LogP contribution in [0, 0.1) is 6.92 Å². The second-order valence-corrected chi connectivity index (χ2v) is 6.74. The molecule has 25 heavy (non-hydrogen) atoms. The van der Waals surface area contributed by atoms with E-state index in [4.69, 9.17) is 11.6 Å². The predicted molar refractivity (Wildman–Crippen MR) is 96.5 cm³/mol. The lowest BCUT2D eigenvalue weighted by Gasteiger charge is -2.04. The third-order valence-corrected chi connectivity index (χ3v) is 4.93. The Balaban J connectivity index is 1.94. The van der Waals surface area contributed by atoms with Crippen LogP contribution in [0.5, 0.6) is 0 Å². The Labute approximate surface area is 153 Å². The normalized spacial score (nSPS) is 10.6. The lowest BCUT2D eigenvalue weighted by atomic mass is 10.0. The van der Waals surface area contributed by atoms with E-state index < -0.39 is 5.97 Å². The maximum absolute atomic E-state index is 12.4. The van der Waals surface area contributed by atoms with Crippen LogP contribution in [0.3, 0.4) is 0 Å². The second kappa shape index (κ2) is 7.13. The SMILES string of the molecule is Cc1cnc(C(=O)Cc2csc(-c3ccc(Cl)cc3)c2C(=O)O)cn1. The number of carboxylic acids is 1. The Morgan fingerprint density at radius 1 is 1.16 bits per heavy atom. The van der Waals surface area contributed by atoms with Crippen molar-refractivity contribution in [3.8, 4) is 10.4 Å². The highest BCUT2D eigenvalue weighted by Crippen LogP contribution is 2.34. The molecule has 0 spiro atoms. The number of aromatic carboxylic acids is 1. The van der Waals surface area contributed by atoms with E-state index in [0.717, 1.165) is 5.56 Å². The van der Waals surface area contributed by atoms with Gasteiger partial charge in [-0.25, -0.2) is 9.78 Å². The third-order valence-electron chi connectivity index (χ3n) is 3.61. The molecule has 2 heterocycles. The molecule has 0 saturated carbocycles. The van der Waals surface area contributed by atoms with Crippen LogP contribution >= 0.6 is 22.9 Å². The molecule has 0 atom stereocenters. The molecular weight excluding hydrogens is 360 g/mol. The molecule has 2 aromatic heterocycles. The van der Waals surface area contributed by atoms with Crippen molar-refractivity contribution >= 4 is 34.7 Å². The molecule has 0 fully saturated rings. The number of aryl methyl sites for hydroxylation is 1. The molecule has 1 aromatic carbocycles. The number of carbonyl (C=O) groups excluding carboxylic acids is 1. The summed E-state index contributed by atoms with van der Waals surface area (Å²) in [6.45, 7) is 1.78. The standard InChI is InChI=1S/C18H13ClN2O3S/c1-10-7-21-14(8-20-10)15(22)6-12-9-25-17(16(12)18(23)24)11-2-4-13(19)5-3-11/h2-5,7-9H,6H2,1H3,(H,23,24). The quantitative estimate of drug-likeness (QED) is 0.676. The fraction of sp³-hybridized carbons (Fsp3) is 0.111. The lowest BCUT2D eigenvalue weighted by molar-refractivity contribution is 0.0697. The number of hydrogen-bond donors (Lipinski definition) is 1. The maximum Gasteiger partial charge on any atom is 0.337 e. The van der Waals surface area contributed by atoms with E-state index in [0.29, 0.717) is 21.2 Å². The van der Waals surface area contributed by atoms with Gasteiger partial charge in [0, 0.05) is 22.5 Å². The van der Waals surface area contributed by atoms with Gasteiger partial charge in [0.05, 0.1) is 17.5 Å². The number of thiophene rings is 1. The molecule has 1 N–H and O–H groups in total. The highest BCUT2D eigenvalue weighted by molar-refractivity contribution is 7.14. The molecule has 0 aliphatic rings. The third kappa shape index (κ3) is 3.75. The number of Topliss-reactive ketones (excluding diaryl/α,β-unsaturated/α-hetero) is 1. The van der Waals surface area contributed by atoms with E-state index in [1.54, 1.807) is 36.6 Å². The number of hydrogen-bond acceptors (Lipinski definition) is 5. The lowest BCUT2D eigenvalue weighted by Crippen LogP contribution is -2.10. The first-order chi connectivity index (χ1) is 12.0. The Kier molecular flexibility index (Phi) is 4.92. The highest BCUT2D eigenvalue weighted by atomic mass is 35.5. The first kappa shape index (κ1) is 17.3. The van der Waals surface area contributed by atoms with Gasteiger partial charge in [0.15, 0.2) is 5.78 Å². The van der Waals surface area contributed by atoms with Gasteiger partial charge in [-0.15, -0.1) is 11.3 Å². The van der Waals surface area contributed by atoms with Crippen molar-refractivity contribution in [3.05, 3.63) is 69.6 Å². The number of ketones is 1. The van der Waals surface area contributed by atoms with Crippen molar-refractivity contribution in [3.63, 3.8) is 0 Å². The molecule has 0 amide bonds. The number of carbonyl (C=O) groups is 2. The van der Waals surface area contributed by atoms with Crippen molar-refractivity contribution < 1.29 is 14.7 Å².